The van der Waals surface area contributed by atoms with Crippen LogP contribution in [0, 0.1) is 5.82 Å². The Morgan fingerprint density at radius 2 is 2.09 bits per heavy atom. The lowest BCUT2D eigenvalue weighted by molar-refractivity contribution is 0.1000. The third kappa shape index (κ3) is 2.53. The number of rotatable bonds is 2. The topological polar surface area (TPSA) is 55.8 Å². The molecule has 5 heteroatoms. The fraction of sp³-hybridized carbons (Fsp3) is 0.118. The molecule has 0 amide bonds. The number of methoxy groups -OCH3 is 1. The Balaban J connectivity index is 1.96. The summed E-state index contributed by atoms with van der Waals surface area (Å²) in [6, 6.07) is 8.65. The second kappa shape index (κ2) is 5.52. The molecule has 0 atom stereocenters. The summed E-state index contributed by atoms with van der Waals surface area (Å²) < 4.78 is 23.7. The SMILES string of the molecule is COc1ccc(C=C2COc3ccc(F)cc3C2=O)cc1O. The predicted molar refractivity (Wildman–Crippen MR) is 78.9 cm³/mol. The molecule has 1 N–H and O–H groups in total. The Hall–Kier alpha value is -2.82. The van der Waals surface area contributed by atoms with Crippen LogP contribution in [0.4, 0.5) is 4.39 Å². The van der Waals surface area contributed by atoms with Gasteiger partial charge in [-0.25, -0.2) is 4.39 Å². The number of halogens is 1. The molecular weight excluding hydrogens is 287 g/mol. The van der Waals surface area contributed by atoms with Crippen molar-refractivity contribution < 1.29 is 23.8 Å². The number of phenols is 1. The number of hydrogen-bond acceptors (Lipinski definition) is 4. The summed E-state index contributed by atoms with van der Waals surface area (Å²) >= 11 is 0. The van der Waals surface area contributed by atoms with Gasteiger partial charge < -0.3 is 14.6 Å². The zero-order valence-electron chi connectivity index (χ0n) is 11.8. The van der Waals surface area contributed by atoms with E-state index in [0.29, 0.717) is 22.6 Å². The second-order valence-corrected chi connectivity index (χ2v) is 4.86. The van der Waals surface area contributed by atoms with Gasteiger partial charge in [-0.05, 0) is 42.0 Å². The molecule has 2 aromatic rings. The third-order valence-electron chi connectivity index (χ3n) is 3.40. The summed E-state index contributed by atoms with van der Waals surface area (Å²) in [6.45, 7) is 0.101. The van der Waals surface area contributed by atoms with Crippen LogP contribution >= 0.6 is 0 Å². The molecule has 22 heavy (non-hydrogen) atoms. The monoisotopic (exact) mass is 300 g/mol. The number of benzene rings is 2. The Bertz CT molecular complexity index is 780. The maximum atomic E-state index is 13.3. The van der Waals surface area contributed by atoms with Gasteiger partial charge in [0.15, 0.2) is 17.3 Å². The highest BCUT2D eigenvalue weighted by molar-refractivity contribution is 6.14. The van der Waals surface area contributed by atoms with Gasteiger partial charge in [0.05, 0.1) is 12.7 Å². The predicted octanol–water partition coefficient (Wildman–Crippen LogP) is 3.20. The number of hydrogen-bond donors (Lipinski definition) is 1. The molecule has 0 fully saturated rings. The molecule has 2 aromatic carbocycles. The van der Waals surface area contributed by atoms with Crippen LogP contribution in [-0.4, -0.2) is 24.6 Å². The first-order chi connectivity index (χ1) is 10.6. The Morgan fingerprint density at radius 1 is 1.27 bits per heavy atom. The lowest BCUT2D eigenvalue weighted by atomic mass is 9.98. The minimum absolute atomic E-state index is 0.0209. The van der Waals surface area contributed by atoms with Crippen LogP contribution in [-0.2, 0) is 0 Å². The summed E-state index contributed by atoms with van der Waals surface area (Å²) in [4.78, 5) is 12.4. The molecule has 1 aliphatic rings. The van der Waals surface area contributed by atoms with Gasteiger partial charge >= 0.3 is 0 Å². The van der Waals surface area contributed by atoms with E-state index in [9.17, 15) is 14.3 Å². The molecule has 0 saturated carbocycles. The normalized spacial score (nSPS) is 15.4. The minimum Gasteiger partial charge on any atom is -0.504 e. The summed E-state index contributed by atoms with van der Waals surface area (Å²) in [6.07, 6.45) is 1.61. The van der Waals surface area contributed by atoms with Crippen molar-refractivity contribution >= 4 is 11.9 Å². The number of carbonyl (C=O) groups excluding carboxylic acids is 1. The first-order valence-electron chi connectivity index (χ1n) is 6.63. The first kappa shape index (κ1) is 14.1. The lowest BCUT2D eigenvalue weighted by Gasteiger charge is -2.18. The van der Waals surface area contributed by atoms with Crippen LogP contribution < -0.4 is 9.47 Å². The largest absolute Gasteiger partial charge is 0.504 e. The van der Waals surface area contributed by atoms with E-state index in [1.807, 2.05) is 0 Å². The summed E-state index contributed by atoms with van der Waals surface area (Å²) in [5.41, 5.74) is 1.23. The molecule has 1 aliphatic heterocycles. The molecular formula is C17H13FO4. The number of fused-ring (bicyclic) bond motifs is 1. The van der Waals surface area contributed by atoms with E-state index in [2.05, 4.69) is 0 Å². The highest BCUT2D eigenvalue weighted by Gasteiger charge is 2.23. The van der Waals surface area contributed by atoms with Crippen molar-refractivity contribution in [3.63, 3.8) is 0 Å². The van der Waals surface area contributed by atoms with E-state index in [0.717, 1.165) is 6.07 Å². The van der Waals surface area contributed by atoms with E-state index in [-0.39, 0.29) is 23.7 Å². The molecule has 3 rings (SSSR count). The van der Waals surface area contributed by atoms with E-state index in [1.165, 1.54) is 25.3 Å². The molecule has 0 saturated heterocycles. The van der Waals surface area contributed by atoms with E-state index >= 15 is 0 Å². The Kier molecular flexibility index (Phi) is 3.55. The average Bonchev–Trinajstić information content (AvgIpc) is 2.51. The standard InChI is InChI=1S/C17H13FO4/c1-21-16-4-2-10(7-14(16)19)6-11-9-22-15-5-3-12(18)8-13(15)17(11)20/h2-8,19H,9H2,1H3. The maximum absolute atomic E-state index is 13.3. The van der Waals surface area contributed by atoms with Crippen LogP contribution in [0.15, 0.2) is 42.0 Å². The fourth-order valence-electron chi connectivity index (χ4n) is 2.30. The quantitative estimate of drug-likeness (QED) is 0.865. The molecule has 4 nitrogen and oxygen atoms in total. The van der Waals surface area contributed by atoms with Gasteiger partial charge in [-0.15, -0.1) is 0 Å². The van der Waals surface area contributed by atoms with Crippen molar-refractivity contribution in [1.29, 1.82) is 0 Å². The van der Waals surface area contributed by atoms with Crippen molar-refractivity contribution in [2.24, 2.45) is 0 Å². The van der Waals surface area contributed by atoms with Crippen LogP contribution in [0.5, 0.6) is 17.2 Å². The molecule has 0 radical (unpaired) electrons. The van der Waals surface area contributed by atoms with Gasteiger partial charge in [-0.3, -0.25) is 4.79 Å². The third-order valence-corrected chi connectivity index (χ3v) is 3.40. The molecule has 0 aliphatic carbocycles. The molecule has 0 bridgehead atoms. The zero-order valence-corrected chi connectivity index (χ0v) is 11.8. The molecule has 0 aromatic heterocycles. The van der Waals surface area contributed by atoms with Crippen LogP contribution in [0.3, 0.4) is 0 Å². The summed E-state index contributed by atoms with van der Waals surface area (Å²) in [7, 11) is 1.46. The number of phenolic OH excluding ortho intramolecular Hbond substituents is 1. The highest BCUT2D eigenvalue weighted by Crippen LogP contribution is 2.30. The number of Topliss-reactive ketones (excluding diaryl/α,β-unsaturated/α-hetero) is 1. The van der Waals surface area contributed by atoms with Crippen LogP contribution in [0.2, 0.25) is 0 Å². The first-order valence-corrected chi connectivity index (χ1v) is 6.63. The van der Waals surface area contributed by atoms with E-state index in [4.69, 9.17) is 9.47 Å². The summed E-state index contributed by atoms with van der Waals surface area (Å²) in [5, 5.41) is 9.76. The van der Waals surface area contributed by atoms with Crippen molar-refractivity contribution in [2.45, 2.75) is 0 Å². The molecule has 1 heterocycles. The lowest BCUT2D eigenvalue weighted by Crippen LogP contribution is -2.19. The number of aromatic hydroxyl groups is 1. The Labute approximate surface area is 126 Å². The smallest absolute Gasteiger partial charge is 0.196 e. The number of ether oxygens (including phenoxy) is 2. The van der Waals surface area contributed by atoms with E-state index in [1.54, 1.807) is 18.2 Å². The Morgan fingerprint density at radius 3 is 2.82 bits per heavy atom. The zero-order chi connectivity index (χ0) is 15.7. The molecule has 0 spiro atoms. The van der Waals surface area contributed by atoms with Crippen molar-refractivity contribution in [3.8, 4) is 17.2 Å². The van der Waals surface area contributed by atoms with Gasteiger partial charge in [0.25, 0.3) is 0 Å². The van der Waals surface area contributed by atoms with Gasteiger partial charge in [-0.2, -0.15) is 0 Å². The molecule has 0 unspecified atom stereocenters. The number of ketones is 1. The van der Waals surface area contributed by atoms with Crippen LogP contribution in [0.25, 0.3) is 6.08 Å². The van der Waals surface area contributed by atoms with Crippen LogP contribution in [0.1, 0.15) is 15.9 Å². The van der Waals surface area contributed by atoms with Gasteiger partial charge in [0.1, 0.15) is 18.2 Å². The maximum Gasteiger partial charge on any atom is 0.196 e. The second-order valence-electron chi connectivity index (χ2n) is 4.86. The number of carbonyl (C=O) groups is 1. The van der Waals surface area contributed by atoms with Gasteiger partial charge in [0, 0.05) is 5.57 Å². The summed E-state index contributed by atoms with van der Waals surface area (Å²) in [5.74, 6) is -0.0653. The van der Waals surface area contributed by atoms with Gasteiger partial charge in [-0.1, -0.05) is 6.07 Å². The fourth-order valence-corrected chi connectivity index (χ4v) is 2.30. The highest BCUT2D eigenvalue weighted by atomic mass is 19.1. The van der Waals surface area contributed by atoms with E-state index < -0.39 is 5.82 Å². The minimum atomic E-state index is -0.487. The van der Waals surface area contributed by atoms with Crippen molar-refractivity contribution in [2.75, 3.05) is 13.7 Å². The average molecular weight is 300 g/mol. The molecule has 112 valence electrons. The van der Waals surface area contributed by atoms with Crippen molar-refractivity contribution in [3.05, 3.63) is 58.9 Å². The van der Waals surface area contributed by atoms with Crippen molar-refractivity contribution in [1.82, 2.24) is 0 Å². The van der Waals surface area contributed by atoms with Gasteiger partial charge in [0.2, 0.25) is 0 Å².